The van der Waals surface area contributed by atoms with Gasteiger partial charge in [-0.2, -0.15) is 0 Å². The van der Waals surface area contributed by atoms with Crippen LogP contribution in [0, 0.1) is 13.8 Å². The Hall–Kier alpha value is -1.55. The van der Waals surface area contributed by atoms with Gasteiger partial charge in [-0.15, -0.1) is 11.8 Å². The first-order valence-corrected chi connectivity index (χ1v) is 11.1. The van der Waals surface area contributed by atoms with Gasteiger partial charge in [0.2, 0.25) is 0 Å². The van der Waals surface area contributed by atoms with Crippen LogP contribution in [-0.2, 0) is 9.59 Å². The monoisotopic (exact) mass is 385 g/mol. The molecule has 0 radical (unpaired) electrons. The lowest BCUT2D eigenvalue weighted by atomic mass is 9.95. The molecule has 0 saturated heterocycles. The third-order valence-electron chi connectivity index (χ3n) is 5.52. The summed E-state index contributed by atoms with van der Waals surface area (Å²) in [7, 11) is 0. The number of benzene rings is 1. The van der Waals surface area contributed by atoms with Crippen molar-refractivity contribution >= 4 is 29.1 Å². The first-order valence-electron chi connectivity index (χ1n) is 10.3. The van der Waals surface area contributed by atoms with E-state index in [2.05, 4.69) is 26.8 Å². The van der Waals surface area contributed by atoms with Crippen LogP contribution in [0.2, 0.25) is 0 Å². The standard InChI is InChI=1S/C23H31NO2S/c1-15(2)27-21-20(19-13-12-16(3)14-17(19)4)22(25)24(23(21)26)18-10-8-6-5-7-9-11-18/h12-15,18H,5-11H2,1-4H3. The van der Waals surface area contributed by atoms with Crippen molar-refractivity contribution < 1.29 is 9.59 Å². The van der Waals surface area contributed by atoms with E-state index in [-0.39, 0.29) is 23.1 Å². The second kappa shape index (κ2) is 8.64. The van der Waals surface area contributed by atoms with E-state index in [9.17, 15) is 9.59 Å². The molecule has 146 valence electrons. The fourth-order valence-electron chi connectivity index (χ4n) is 4.23. The Kier molecular flexibility index (Phi) is 6.46. The molecule has 0 bridgehead atoms. The minimum Gasteiger partial charge on any atom is -0.271 e. The number of carbonyl (C=O) groups is 2. The normalized spacial score (nSPS) is 19.8. The molecule has 0 aromatic heterocycles. The second-order valence-electron chi connectivity index (χ2n) is 8.17. The molecule has 2 amide bonds. The fourth-order valence-corrected chi connectivity index (χ4v) is 5.21. The number of hydrogen-bond donors (Lipinski definition) is 0. The van der Waals surface area contributed by atoms with Crippen molar-refractivity contribution in [2.24, 2.45) is 0 Å². The van der Waals surface area contributed by atoms with E-state index < -0.39 is 0 Å². The van der Waals surface area contributed by atoms with Crippen LogP contribution in [0.3, 0.4) is 0 Å². The molecule has 0 atom stereocenters. The van der Waals surface area contributed by atoms with Crippen LogP contribution in [0.5, 0.6) is 0 Å². The number of hydrogen-bond acceptors (Lipinski definition) is 3. The number of thioether (sulfide) groups is 1. The summed E-state index contributed by atoms with van der Waals surface area (Å²) in [4.78, 5) is 29.1. The van der Waals surface area contributed by atoms with Gasteiger partial charge in [-0.25, -0.2) is 0 Å². The minimum atomic E-state index is -0.0827. The molecule has 1 heterocycles. The maximum Gasteiger partial charge on any atom is 0.268 e. The molecule has 0 unspecified atom stereocenters. The van der Waals surface area contributed by atoms with Gasteiger partial charge in [0.25, 0.3) is 11.8 Å². The number of rotatable bonds is 4. The zero-order chi connectivity index (χ0) is 19.6. The average Bonchev–Trinajstić information content (AvgIpc) is 2.79. The lowest BCUT2D eigenvalue weighted by Gasteiger charge is -2.28. The van der Waals surface area contributed by atoms with Crippen LogP contribution in [-0.4, -0.2) is 28.0 Å². The van der Waals surface area contributed by atoms with Gasteiger partial charge in [0.05, 0.1) is 10.5 Å². The largest absolute Gasteiger partial charge is 0.271 e. The molecule has 3 rings (SSSR count). The van der Waals surface area contributed by atoms with Crippen molar-refractivity contribution in [2.45, 2.75) is 83.9 Å². The van der Waals surface area contributed by atoms with E-state index in [4.69, 9.17) is 0 Å². The molecule has 1 saturated carbocycles. The Morgan fingerprint density at radius 3 is 2.19 bits per heavy atom. The van der Waals surface area contributed by atoms with Crippen molar-refractivity contribution in [3.05, 3.63) is 39.8 Å². The lowest BCUT2D eigenvalue weighted by molar-refractivity contribution is -0.139. The van der Waals surface area contributed by atoms with E-state index >= 15 is 0 Å². The Morgan fingerprint density at radius 2 is 1.59 bits per heavy atom. The Morgan fingerprint density at radius 1 is 0.963 bits per heavy atom. The van der Waals surface area contributed by atoms with Crippen molar-refractivity contribution in [3.8, 4) is 0 Å². The number of imide groups is 1. The predicted molar refractivity (Wildman–Crippen MR) is 114 cm³/mol. The van der Waals surface area contributed by atoms with Crippen molar-refractivity contribution in [1.29, 1.82) is 0 Å². The minimum absolute atomic E-state index is 0.0521. The van der Waals surface area contributed by atoms with Crippen LogP contribution in [0.25, 0.3) is 5.57 Å². The molecule has 1 aromatic carbocycles. The van der Waals surface area contributed by atoms with Crippen LogP contribution in [0.15, 0.2) is 23.1 Å². The summed E-state index contributed by atoms with van der Waals surface area (Å²) in [5, 5.41) is 0.259. The number of amides is 2. The Labute approximate surface area is 167 Å². The highest BCUT2D eigenvalue weighted by Gasteiger charge is 2.43. The van der Waals surface area contributed by atoms with Crippen LogP contribution >= 0.6 is 11.8 Å². The van der Waals surface area contributed by atoms with E-state index in [1.807, 2.05) is 19.1 Å². The van der Waals surface area contributed by atoms with E-state index in [1.165, 1.54) is 36.6 Å². The van der Waals surface area contributed by atoms with Gasteiger partial charge in [0.15, 0.2) is 0 Å². The molecule has 3 nitrogen and oxygen atoms in total. The molecular weight excluding hydrogens is 354 g/mol. The van der Waals surface area contributed by atoms with Gasteiger partial charge < -0.3 is 0 Å². The van der Waals surface area contributed by atoms with E-state index in [0.29, 0.717) is 10.5 Å². The summed E-state index contributed by atoms with van der Waals surface area (Å²) in [6, 6.07) is 6.18. The van der Waals surface area contributed by atoms with Crippen molar-refractivity contribution in [2.75, 3.05) is 0 Å². The summed E-state index contributed by atoms with van der Waals surface area (Å²) in [5.41, 5.74) is 3.77. The SMILES string of the molecule is Cc1ccc(C2=C(SC(C)C)C(=O)N(C3CCCCCCC3)C2=O)c(C)c1. The van der Waals surface area contributed by atoms with Gasteiger partial charge in [-0.3, -0.25) is 14.5 Å². The van der Waals surface area contributed by atoms with E-state index in [0.717, 1.165) is 36.8 Å². The third kappa shape index (κ3) is 4.31. The quantitative estimate of drug-likeness (QED) is 0.630. The Bertz CT molecular complexity index is 758. The second-order valence-corrected chi connectivity index (χ2v) is 9.76. The molecule has 1 aliphatic heterocycles. The van der Waals surface area contributed by atoms with Crippen molar-refractivity contribution in [1.82, 2.24) is 4.90 Å². The summed E-state index contributed by atoms with van der Waals surface area (Å²) in [6.07, 6.45) is 7.78. The molecule has 1 fully saturated rings. The molecule has 0 spiro atoms. The van der Waals surface area contributed by atoms with Gasteiger partial charge in [-0.1, -0.05) is 69.7 Å². The fraction of sp³-hybridized carbons (Fsp3) is 0.565. The number of carbonyl (C=O) groups excluding carboxylic acids is 2. The highest BCUT2D eigenvalue weighted by Crippen LogP contribution is 2.41. The maximum atomic E-state index is 13.5. The summed E-state index contributed by atoms with van der Waals surface area (Å²) < 4.78 is 0. The van der Waals surface area contributed by atoms with Gasteiger partial charge >= 0.3 is 0 Å². The number of aryl methyl sites for hydroxylation is 2. The van der Waals surface area contributed by atoms with Crippen molar-refractivity contribution in [3.63, 3.8) is 0 Å². The maximum absolute atomic E-state index is 13.5. The highest BCUT2D eigenvalue weighted by atomic mass is 32.2. The summed E-state index contributed by atoms with van der Waals surface area (Å²) in [5.74, 6) is -0.153. The van der Waals surface area contributed by atoms with Gasteiger partial charge in [0.1, 0.15) is 0 Å². The smallest absolute Gasteiger partial charge is 0.268 e. The first kappa shape index (κ1) is 20.2. The van der Waals surface area contributed by atoms with Crippen LogP contribution < -0.4 is 0 Å². The van der Waals surface area contributed by atoms with Gasteiger partial charge in [-0.05, 0) is 37.8 Å². The molecular formula is C23H31NO2S. The summed E-state index contributed by atoms with van der Waals surface area (Å²) >= 11 is 1.53. The summed E-state index contributed by atoms with van der Waals surface area (Å²) in [6.45, 7) is 8.24. The van der Waals surface area contributed by atoms with E-state index in [1.54, 1.807) is 4.90 Å². The highest BCUT2D eigenvalue weighted by molar-refractivity contribution is 8.04. The third-order valence-corrected chi connectivity index (χ3v) is 6.60. The van der Waals surface area contributed by atoms with Crippen LogP contribution in [0.4, 0.5) is 0 Å². The molecule has 1 aromatic rings. The molecule has 1 aliphatic carbocycles. The zero-order valence-electron chi connectivity index (χ0n) is 17.0. The molecule has 27 heavy (non-hydrogen) atoms. The molecule has 2 aliphatic rings. The average molecular weight is 386 g/mol. The van der Waals surface area contributed by atoms with Crippen LogP contribution in [0.1, 0.15) is 75.5 Å². The molecule has 4 heteroatoms. The van der Waals surface area contributed by atoms with Gasteiger partial charge in [0, 0.05) is 11.3 Å². The zero-order valence-corrected chi connectivity index (χ0v) is 17.8. The first-order chi connectivity index (χ1) is 12.9. The topological polar surface area (TPSA) is 37.4 Å². The molecule has 0 N–H and O–H groups in total. The lowest BCUT2D eigenvalue weighted by Crippen LogP contribution is -2.41. The predicted octanol–water partition coefficient (Wildman–Crippen LogP) is 5.64. The number of nitrogens with zero attached hydrogens (tertiary/aromatic N) is 1. The Balaban J connectivity index is 2.00.